The van der Waals surface area contributed by atoms with Gasteiger partial charge in [-0.25, -0.2) is 4.39 Å². The third-order valence-corrected chi connectivity index (χ3v) is 5.05. The van der Waals surface area contributed by atoms with Crippen molar-refractivity contribution in [3.05, 3.63) is 53.8 Å². The molecule has 0 heterocycles. The summed E-state index contributed by atoms with van der Waals surface area (Å²) in [7, 11) is 1.58. The first-order valence-corrected chi connectivity index (χ1v) is 8.95. The molecule has 0 radical (unpaired) electrons. The van der Waals surface area contributed by atoms with E-state index in [1.165, 1.54) is 12.1 Å². The third-order valence-electron chi connectivity index (χ3n) is 5.05. The number of aliphatic carboxylic acids is 1. The summed E-state index contributed by atoms with van der Waals surface area (Å²) in [4.78, 5) is 23.4. The molecule has 0 bridgehead atoms. The van der Waals surface area contributed by atoms with E-state index in [0.717, 1.165) is 5.56 Å². The Morgan fingerprint density at radius 2 is 1.67 bits per heavy atom. The normalized spacial score (nSPS) is 19.3. The molecule has 1 aliphatic carbocycles. The summed E-state index contributed by atoms with van der Waals surface area (Å²) in [6.45, 7) is 0. The van der Waals surface area contributed by atoms with Crippen molar-refractivity contribution in [2.24, 2.45) is 5.92 Å². The molecular formula is C21H22FNO4. The van der Waals surface area contributed by atoms with Gasteiger partial charge in [-0.2, -0.15) is 0 Å². The van der Waals surface area contributed by atoms with Gasteiger partial charge in [0.1, 0.15) is 11.6 Å². The van der Waals surface area contributed by atoms with Gasteiger partial charge in [0.15, 0.2) is 0 Å². The lowest BCUT2D eigenvalue weighted by atomic mass is 9.86. The number of hydrogen-bond acceptors (Lipinski definition) is 3. The highest BCUT2D eigenvalue weighted by molar-refractivity contribution is 5.95. The lowest BCUT2D eigenvalue weighted by Crippen LogP contribution is -2.39. The van der Waals surface area contributed by atoms with E-state index in [4.69, 9.17) is 9.84 Å². The lowest BCUT2D eigenvalue weighted by Gasteiger charge is -2.26. The molecule has 27 heavy (non-hydrogen) atoms. The maximum Gasteiger partial charge on any atom is 0.306 e. The van der Waals surface area contributed by atoms with Gasteiger partial charge < -0.3 is 15.2 Å². The minimum atomic E-state index is -0.792. The molecule has 0 aliphatic heterocycles. The lowest BCUT2D eigenvalue weighted by molar-refractivity contribution is -0.142. The Bertz CT molecular complexity index is 827. The number of nitrogens with one attached hydrogen (secondary N) is 1. The van der Waals surface area contributed by atoms with Gasteiger partial charge in [0.25, 0.3) is 5.91 Å². The molecule has 5 nitrogen and oxygen atoms in total. The fraction of sp³-hybridized carbons (Fsp3) is 0.333. The Morgan fingerprint density at radius 1 is 1.04 bits per heavy atom. The zero-order valence-corrected chi connectivity index (χ0v) is 15.1. The van der Waals surface area contributed by atoms with Crippen LogP contribution in [0.4, 0.5) is 4.39 Å². The first-order valence-electron chi connectivity index (χ1n) is 8.95. The SMILES string of the molecule is COc1ccc(-c2ccc(C(=O)NC3CCC(C(=O)O)CC3)c(F)c2)cc1. The van der Waals surface area contributed by atoms with E-state index in [0.29, 0.717) is 37.0 Å². The van der Waals surface area contributed by atoms with Gasteiger partial charge in [-0.15, -0.1) is 0 Å². The fourth-order valence-electron chi connectivity index (χ4n) is 3.41. The van der Waals surface area contributed by atoms with Gasteiger partial charge in [-0.1, -0.05) is 18.2 Å². The highest BCUT2D eigenvalue weighted by Crippen LogP contribution is 2.26. The molecule has 2 N–H and O–H groups in total. The van der Waals surface area contributed by atoms with Crippen molar-refractivity contribution in [2.75, 3.05) is 7.11 Å². The van der Waals surface area contributed by atoms with Crippen molar-refractivity contribution in [3.8, 4) is 16.9 Å². The number of carbonyl (C=O) groups excluding carboxylic acids is 1. The molecule has 1 aliphatic rings. The van der Waals surface area contributed by atoms with Gasteiger partial charge in [0, 0.05) is 6.04 Å². The van der Waals surface area contributed by atoms with E-state index >= 15 is 0 Å². The van der Waals surface area contributed by atoms with Crippen LogP contribution in [0.3, 0.4) is 0 Å². The van der Waals surface area contributed by atoms with Gasteiger partial charge >= 0.3 is 5.97 Å². The van der Waals surface area contributed by atoms with Crippen molar-refractivity contribution >= 4 is 11.9 Å². The third kappa shape index (κ3) is 4.45. The van der Waals surface area contributed by atoms with Crippen LogP contribution in [0.1, 0.15) is 36.0 Å². The van der Waals surface area contributed by atoms with E-state index in [2.05, 4.69) is 5.32 Å². The summed E-state index contributed by atoms with van der Waals surface area (Å²) in [5.74, 6) is -1.47. The number of carbonyl (C=O) groups is 2. The van der Waals surface area contributed by atoms with Crippen LogP contribution in [0.5, 0.6) is 5.75 Å². The van der Waals surface area contributed by atoms with Gasteiger partial charge in [0.05, 0.1) is 18.6 Å². The molecule has 3 rings (SSSR count). The van der Waals surface area contributed by atoms with Crippen LogP contribution in [-0.4, -0.2) is 30.1 Å². The van der Waals surface area contributed by atoms with E-state index < -0.39 is 17.7 Å². The predicted molar refractivity (Wildman–Crippen MR) is 99.2 cm³/mol. The van der Waals surface area contributed by atoms with Crippen molar-refractivity contribution < 1.29 is 23.8 Å². The quantitative estimate of drug-likeness (QED) is 0.836. The largest absolute Gasteiger partial charge is 0.497 e. The maximum atomic E-state index is 14.5. The smallest absolute Gasteiger partial charge is 0.306 e. The Kier molecular flexibility index (Phi) is 5.74. The number of carboxylic acids is 1. The van der Waals surface area contributed by atoms with Crippen molar-refractivity contribution in [3.63, 3.8) is 0 Å². The monoisotopic (exact) mass is 371 g/mol. The Morgan fingerprint density at radius 3 is 2.22 bits per heavy atom. The minimum Gasteiger partial charge on any atom is -0.497 e. The average Bonchev–Trinajstić information content (AvgIpc) is 2.68. The van der Waals surface area contributed by atoms with Crippen LogP contribution in [-0.2, 0) is 4.79 Å². The number of carboxylic acid groups (broad SMARTS) is 1. The van der Waals surface area contributed by atoms with Crippen LogP contribution in [0, 0.1) is 11.7 Å². The summed E-state index contributed by atoms with van der Waals surface area (Å²) in [5, 5.41) is 11.8. The summed E-state index contributed by atoms with van der Waals surface area (Å²) in [5.41, 5.74) is 1.50. The molecule has 0 aromatic heterocycles. The molecule has 0 saturated heterocycles. The predicted octanol–water partition coefficient (Wildman–Crippen LogP) is 3.87. The highest BCUT2D eigenvalue weighted by atomic mass is 19.1. The first kappa shape index (κ1) is 18.9. The van der Waals surface area contributed by atoms with Crippen molar-refractivity contribution in [1.82, 2.24) is 5.32 Å². The summed E-state index contributed by atoms with van der Waals surface area (Å²) in [6, 6.07) is 11.7. The number of methoxy groups -OCH3 is 1. The van der Waals surface area contributed by atoms with Crippen LogP contribution < -0.4 is 10.1 Å². The van der Waals surface area contributed by atoms with Crippen LogP contribution >= 0.6 is 0 Å². The average molecular weight is 371 g/mol. The number of amides is 1. The van der Waals surface area contributed by atoms with Crippen LogP contribution in [0.25, 0.3) is 11.1 Å². The fourth-order valence-corrected chi connectivity index (χ4v) is 3.41. The molecule has 2 aromatic carbocycles. The second-order valence-corrected chi connectivity index (χ2v) is 6.78. The zero-order chi connectivity index (χ0) is 19.4. The molecule has 6 heteroatoms. The van der Waals surface area contributed by atoms with Gasteiger partial charge in [-0.3, -0.25) is 9.59 Å². The number of rotatable bonds is 5. The molecule has 142 valence electrons. The topological polar surface area (TPSA) is 75.6 Å². The minimum absolute atomic E-state index is 0.00683. The number of ether oxygens (including phenoxy) is 1. The standard InChI is InChI=1S/C21H22FNO4/c1-27-17-9-4-13(5-10-17)15-6-11-18(19(22)12-15)20(24)23-16-7-2-14(3-8-16)21(25)26/h4-6,9-12,14,16H,2-3,7-8H2,1H3,(H,23,24)(H,25,26). The summed E-state index contributed by atoms with van der Waals surface area (Å²) < 4.78 is 19.6. The second kappa shape index (κ2) is 8.20. The molecular weight excluding hydrogens is 349 g/mol. The van der Waals surface area contributed by atoms with Gasteiger partial charge in [0.2, 0.25) is 0 Å². The second-order valence-electron chi connectivity index (χ2n) is 6.78. The highest BCUT2D eigenvalue weighted by Gasteiger charge is 2.27. The first-order chi connectivity index (χ1) is 13.0. The van der Waals surface area contributed by atoms with E-state index in [1.807, 2.05) is 12.1 Å². The Hall–Kier alpha value is -2.89. The van der Waals surface area contributed by atoms with E-state index in [-0.39, 0.29) is 17.5 Å². The number of benzene rings is 2. The maximum absolute atomic E-state index is 14.5. The zero-order valence-electron chi connectivity index (χ0n) is 15.1. The molecule has 1 fully saturated rings. The molecule has 2 aromatic rings. The van der Waals surface area contributed by atoms with Gasteiger partial charge in [-0.05, 0) is 61.1 Å². The van der Waals surface area contributed by atoms with Crippen molar-refractivity contribution in [2.45, 2.75) is 31.7 Å². The number of hydrogen-bond donors (Lipinski definition) is 2. The Labute approximate surface area is 157 Å². The van der Waals surface area contributed by atoms with E-state index in [1.54, 1.807) is 25.3 Å². The Balaban J connectivity index is 1.66. The van der Waals surface area contributed by atoms with E-state index in [9.17, 15) is 14.0 Å². The summed E-state index contributed by atoms with van der Waals surface area (Å²) in [6.07, 6.45) is 2.24. The number of halogens is 1. The van der Waals surface area contributed by atoms with Crippen molar-refractivity contribution in [1.29, 1.82) is 0 Å². The molecule has 0 atom stereocenters. The summed E-state index contributed by atoms with van der Waals surface area (Å²) >= 11 is 0. The van der Waals surface area contributed by atoms with Crippen LogP contribution in [0.15, 0.2) is 42.5 Å². The molecule has 0 spiro atoms. The molecule has 0 unspecified atom stereocenters. The molecule has 1 saturated carbocycles. The van der Waals surface area contributed by atoms with Crippen LogP contribution in [0.2, 0.25) is 0 Å². The molecule has 1 amide bonds.